The van der Waals surface area contributed by atoms with Crippen LogP contribution in [0.3, 0.4) is 0 Å². The highest BCUT2D eigenvalue weighted by molar-refractivity contribution is 7.10. The van der Waals surface area contributed by atoms with E-state index in [0.29, 0.717) is 11.6 Å². The Kier molecular flexibility index (Phi) is 3.74. The van der Waals surface area contributed by atoms with Crippen LogP contribution in [0.1, 0.15) is 30.3 Å². The summed E-state index contributed by atoms with van der Waals surface area (Å²) in [6.45, 7) is 6.30. The summed E-state index contributed by atoms with van der Waals surface area (Å²) in [5, 5.41) is 4.07. The molecule has 2 aromatic heterocycles. The largest absolute Gasteiger partial charge is 0.497 e. The van der Waals surface area contributed by atoms with Crippen LogP contribution in [-0.4, -0.2) is 17.1 Å². The van der Waals surface area contributed by atoms with E-state index in [1.165, 1.54) is 0 Å². The van der Waals surface area contributed by atoms with Crippen LogP contribution >= 0.6 is 11.3 Å². The van der Waals surface area contributed by atoms with Gasteiger partial charge in [-0.25, -0.2) is 9.97 Å². The molecule has 0 aliphatic carbocycles. The van der Waals surface area contributed by atoms with Crippen molar-refractivity contribution in [2.24, 2.45) is 0 Å². The third-order valence-corrected chi connectivity index (χ3v) is 4.77. The number of aromatic nitrogens is 2. The number of ether oxygens (including phenoxy) is 1. The smallest absolute Gasteiger partial charge is 0.119 e. The Hall–Kier alpha value is -2.14. The van der Waals surface area contributed by atoms with Gasteiger partial charge < -0.3 is 10.5 Å². The second-order valence-electron chi connectivity index (χ2n) is 5.66. The van der Waals surface area contributed by atoms with Gasteiger partial charge in [-0.2, -0.15) is 0 Å². The molecule has 4 nitrogen and oxygen atoms in total. The Bertz CT molecular complexity index is 839. The van der Waals surface area contributed by atoms with Crippen molar-refractivity contribution in [1.82, 2.24) is 9.97 Å². The molecule has 0 bridgehead atoms. The highest BCUT2D eigenvalue weighted by atomic mass is 32.1. The topological polar surface area (TPSA) is 61.0 Å². The fraction of sp³-hybridized carbons (Fsp3) is 0.294. The summed E-state index contributed by atoms with van der Waals surface area (Å²) < 4.78 is 5.31. The van der Waals surface area contributed by atoms with Gasteiger partial charge in [-0.05, 0) is 30.7 Å². The predicted octanol–water partition coefficient (Wildman–Crippen LogP) is 4.38. The molecule has 0 spiro atoms. The highest BCUT2D eigenvalue weighted by Crippen LogP contribution is 2.32. The normalized spacial score (nSPS) is 11.3. The average Bonchev–Trinajstić information content (AvgIpc) is 2.97. The van der Waals surface area contributed by atoms with Crippen molar-refractivity contribution in [3.63, 3.8) is 0 Å². The van der Waals surface area contributed by atoms with Crippen molar-refractivity contribution in [1.29, 1.82) is 0 Å². The van der Waals surface area contributed by atoms with E-state index in [-0.39, 0.29) is 0 Å². The number of methoxy groups -OCH3 is 1. The molecule has 22 heavy (non-hydrogen) atoms. The zero-order valence-electron chi connectivity index (χ0n) is 13.2. The molecular formula is C17H19N3OS. The number of anilines is 1. The number of hydrogen-bond acceptors (Lipinski definition) is 5. The summed E-state index contributed by atoms with van der Waals surface area (Å²) in [6, 6.07) is 5.79. The molecule has 3 rings (SSSR count). The van der Waals surface area contributed by atoms with Crippen LogP contribution in [0.4, 0.5) is 5.69 Å². The molecule has 0 saturated carbocycles. The first-order chi connectivity index (χ1) is 10.5. The summed E-state index contributed by atoms with van der Waals surface area (Å²) in [5.74, 6) is 1.21. The molecule has 3 aromatic rings. The molecule has 2 N–H and O–H groups in total. The van der Waals surface area contributed by atoms with E-state index in [1.807, 2.05) is 30.5 Å². The lowest BCUT2D eigenvalue weighted by Gasteiger charge is -2.09. The fourth-order valence-electron chi connectivity index (χ4n) is 2.41. The molecular weight excluding hydrogens is 294 g/mol. The summed E-state index contributed by atoms with van der Waals surface area (Å²) >= 11 is 1.66. The number of thiazole rings is 1. The molecule has 0 saturated heterocycles. The van der Waals surface area contributed by atoms with Gasteiger partial charge in [-0.3, -0.25) is 0 Å². The molecule has 0 radical (unpaired) electrons. The van der Waals surface area contributed by atoms with Crippen LogP contribution in [0.2, 0.25) is 0 Å². The molecule has 0 amide bonds. The van der Waals surface area contributed by atoms with Crippen LogP contribution in [-0.2, 0) is 0 Å². The monoisotopic (exact) mass is 313 g/mol. The first kappa shape index (κ1) is 14.8. The minimum Gasteiger partial charge on any atom is -0.497 e. The lowest BCUT2D eigenvalue weighted by molar-refractivity contribution is 0.415. The lowest BCUT2D eigenvalue weighted by atomic mass is 10.1. The third kappa shape index (κ3) is 2.52. The SMILES string of the molecule is COc1cc(C)c2nc(-c3csc(C(C)C)n3)cc(N)c2c1. The van der Waals surface area contributed by atoms with Crippen LogP contribution in [0, 0.1) is 6.92 Å². The number of fused-ring (bicyclic) bond motifs is 1. The van der Waals surface area contributed by atoms with Gasteiger partial charge in [0, 0.05) is 22.4 Å². The summed E-state index contributed by atoms with van der Waals surface area (Å²) in [7, 11) is 1.65. The zero-order valence-corrected chi connectivity index (χ0v) is 14.0. The Morgan fingerprint density at radius 1 is 1.14 bits per heavy atom. The minimum atomic E-state index is 0.419. The van der Waals surface area contributed by atoms with Crippen LogP contribution in [0.5, 0.6) is 5.75 Å². The molecule has 0 aliphatic heterocycles. The van der Waals surface area contributed by atoms with Crippen molar-refractivity contribution >= 4 is 27.9 Å². The number of nitrogens with two attached hydrogens (primary N) is 1. The number of nitrogen functional groups attached to an aromatic ring is 1. The van der Waals surface area contributed by atoms with Crippen molar-refractivity contribution < 1.29 is 4.74 Å². The van der Waals surface area contributed by atoms with E-state index in [4.69, 9.17) is 15.5 Å². The van der Waals surface area contributed by atoms with Gasteiger partial charge >= 0.3 is 0 Å². The fourth-order valence-corrected chi connectivity index (χ4v) is 3.24. The summed E-state index contributed by atoms with van der Waals surface area (Å²) in [5.41, 5.74) is 10.6. The van der Waals surface area contributed by atoms with Gasteiger partial charge in [0.15, 0.2) is 0 Å². The summed E-state index contributed by atoms with van der Waals surface area (Å²) in [4.78, 5) is 9.43. The van der Waals surface area contributed by atoms with E-state index in [1.54, 1.807) is 18.4 Å². The van der Waals surface area contributed by atoms with Crippen molar-refractivity contribution in [2.45, 2.75) is 26.7 Å². The molecule has 2 heterocycles. The number of benzene rings is 1. The number of pyridine rings is 1. The quantitative estimate of drug-likeness (QED) is 0.779. The van der Waals surface area contributed by atoms with Gasteiger partial charge in [0.05, 0.1) is 29.0 Å². The van der Waals surface area contributed by atoms with Gasteiger partial charge in [0.1, 0.15) is 5.75 Å². The van der Waals surface area contributed by atoms with Crippen molar-refractivity contribution in [3.8, 4) is 17.1 Å². The maximum absolute atomic E-state index is 6.23. The average molecular weight is 313 g/mol. The molecule has 0 fully saturated rings. The first-order valence-electron chi connectivity index (χ1n) is 7.20. The van der Waals surface area contributed by atoms with E-state index >= 15 is 0 Å². The second-order valence-corrected chi connectivity index (χ2v) is 6.55. The van der Waals surface area contributed by atoms with E-state index < -0.39 is 0 Å². The third-order valence-electron chi connectivity index (χ3n) is 3.62. The molecule has 0 unspecified atom stereocenters. The Morgan fingerprint density at radius 2 is 1.91 bits per heavy atom. The standard InChI is InChI=1S/C17H19N3OS/c1-9(2)17-20-15(8-22-17)14-7-13(18)12-6-11(21-4)5-10(3)16(12)19-14/h5-9H,1-4H3,(H2,18,19). The van der Waals surface area contributed by atoms with Gasteiger partial charge in [0.25, 0.3) is 0 Å². The van der Waals surface area contributed by atoms with E-state index in [9.17, 15) is 0 Å². The molecule has 0 aliphatic rings. The molecule has 5 heteroatoms. The Balaban J connectivity index is 2.17. The maximum atomic E-state index is 6.23. The van der Waals surface area contributed by atoms with Gasteiger partial charge in [-0.1, -0.05) is 13.8 Å². The number of rotatable bonds is 3. The van der Waals surface area contributed by atoms with Crippen LogP contribution in [0.25, 0.3) is 22.3 Å². The van der Waals surface area contributed by atoms with E-state index in [0.717, 1.165) is 38.6 Å². The first-order valence-corrected chi connectivity index (χ1v) is 8.08. The Labute approximate surface area is 134 Å². The van der Waals surface area contributed by atoms with Crippen molar-refractivity contribution in [3.05, 3.63) is 34.2 Å². The molecule has 114 valence electrons. The van der Waals surface area contributed by atoms with E-state index in [2.05, 4.69) is 18.8 Å². The maximum Gasteiger partial charge on any atom is 0.119 e. The number of nitrogens with zero attached hydrogens (tertiary/aromatic N) is 2. The second kappa shape index (κ2) is 5.57. The highest BCUT2D eigenvalue weighted by Gasteiger charge is 2.13. The van der Waals surface area contributed by atoms with Crippen LogP contribution < -0.4 is 10.5 Å². The predicted molar refractivity (Wildman–Crippen MR) is 92.6 cm³/mol. The van der Waals surface area contributed by atoms with Crippen molar-refractivity contribution in [2.75, 3.05) is 12.8 Å². The molecule has 0 atom stereocenters. The summed E-state index contributed by atoms with van der Waals surface area (Å²) in [6.07, 6.45) is 0. The number of aryl methyl sites for hydroxylation is 1. The lowest BCUT2D eigenvalue weighted by Crippen LogP contribution is -1.96. The zero-order chi connectivity index (χ0) is 15.9. The van der Waals surface area contributed by atoms with Gasteiger partial charge in [-0.15, -0.1) is 11.3 Å². The molecule has 1 aromatic carbocycles. The van der Waals surface area contributed by atoms with Crippen LogP contribution in [0.15, 0.2) is 23.6 Å². The Morgan fingerprint density at radius 3 is 2.55 bits per heavy atom. The number of hydrogen-bond donors (Lipinski definition) is 1. The minimum absolute atomic E-state index is 0.419. The van der Waals surface area contributed by atoms with Gasteiger partial charge in [0.2, 0.25) is 0 Å².